The van der Waals surface area contributed by atoms with E-state index in [9.17, 15) is 4.39 Å². The Morgan fingerprint density at radius 3 is 2.65 bits per heavy atom. The lowest BCUT2D eigenvalue weighted by Gasteiger charge is -2.21. The van der Waals surface area contributed by atoms with Crippen molar-refractivity contribution in [2.24, 2.45) is 5.73 Å². The molecule has 20 heavy (non-hydrogen) atoms. The molecule has 0 radical (unpaired) electrons. The van der Waals surface area contributed by atoms with E-state index in [-0.39, 0.29) is 11.7 Å². The van der Waals surface area contributed by atoms with Crippen molar-refractivity contribution < 1.29 is 4.39 Å². The molecule has 2 rings (SSSR count). The number of anilines is 1. The molecule has 0 fully saturated rings. The largest absolute Gasteiger partial charge is 0.384 e. The smallest absolute Gasteiger partial charge is 0.129 e. The third kappa shape index (κ3) is 3.08. The highest BCUT2D eigenvalue weighted by atomic mass is 35.5. The molecule has 0 amide bonds. The summed E-state index contributed by atoms with van der Waals surface area (Å²) in [6.45, 7) is 0.340. The molecule has 0 unspecified atom stereocenters. The lowest BCUT2D eigenvalue weighted by Crippen LogP contribution is -2.19. The molecule has 5 heteroatoms. The standard InChI is InChI=1S/C15H15ClFN3/c1-20(9-12-13(16)6-3-7-14(12)17)11-5-2-4-10(8-11)15(18)19/h2-8H,9H2,1H3,(H3,18,19). The molecule has 104 valence electrons. The van der Waals surface area contributed by atoms with Crippen LogP contribution in [0, 0.1) is 11.2 Å². The van der Waals surface area contributed by atoms with Crippen molar-refractivity contribution in [3.8, 4) is 0 Å². The van der Waals surface area contributed by atoms with Crippen LogP contribution in [0.15, 0.2) is 42.5 Å². The molecule has 0 atom stereocenters. The maximum absolute atomic E-state index is 13.8. The fourth-order valence-corrected chi connectivity index (χ4v) is 2.15. The summed E-state index contributed by atoms with van der Waals surface area (Å²) in [5.41, 5.74) is 7.39. The Labute approximate surface area is 122 Å². The number of amidine groups is 1. The van der Waals surface area contributed by atoms with Gasteiger partial charge in [0.05, 0.1) is 0 Å². The summed E-state index contributed by atoms with van der Waals surface area (Å²) < 4.78 is 13.8. The van der Waals surface area contributed by atoms with Gasteiger partial charge in [-0.25, -0.2) is 4.39 Å². The van der Waals surface area contributed by atoms with Crippen molar-refractivity contribution in [2.75, 3.05) is 11.9 Å². The maximum atomic E-state index is 13.8. The van der Waals surface area contributed by atoms with Crippen molar-refractivity contribution in [1.82, 2.24) is 0 Å². The molecular formula is C15H15ClFN3. The molecule has 0 aliphatic heterocycles. The molecule has 3 nitrogen and oxygen atoms in total. The van der Waals surface area contributed by atoms with Crippen LogP contribution in [0.2, 0.25) is 5.02 Å². The molecule has 0 spiro atoms. The molecule has 2 aromatic carbocycles. The maximum Gasteiger partial charge on any atom is 0.129 e. The third-order valence-corrected chi connectivity index (χ3v) is 3.41. The summed E-state index contributed by atoms with van der Waals surface area (Å²) in [5.74, 6) is -0.323. The Morgan fingerprint density at radius 1 is 1.30 bits per heavy atom. The van der Waals surface area contributed by atoms with E-state index in [0.29, 0.717) is 22.7 Å². The number of nitrogens with one attached hydrogen (secondary N) is 1. The van der Waals surface area contributed by atoms with Gasteiger partial charge in [-0.3, -0.25) is 5.41 Å². The molecule has 0 saturated heterocycles. The zero-order valence-corrected chi connectivity index (χ0v) is 11.8. The van der Waals surface area contributed by atoms with Gasteiger partial charge < -0.3 is 10.6 Å². The SMILES string of the molecule is CN(Cc1c(F)cccc1Cl)c1cccc(C(=N)N)c1. The fraction of sp³-hybridized carbons (Fsp3) is 0.133. The summed E-state index contributed by atoms with van der Waals surface area (Å²) in [6.07, 6.45) is 0. The van der Waals surface area contributed by atoms with E-state index in [1.54, 1.807) is 24.3 Å². The summed E-state index contributed by atoms with van der Waals surface area (Å²) in [5, 5.41) is 7.84. The molecule has 2 aromatic rings. The van der Waals surface area contributed by atoms with Gasteiger partial charge in [0, 0.05) is 35.4 Å². The Hall–Kier alpha value is -2.07. The second-order valence-electron chi connectivity index (χ2n) is 4.52. The number of hydrogen-bond donors (Lipinski definition) is 2. The van der Waals surface area contributed by atoms with Crippen LogP contribution in [0.1, 0.15) is 11.1 Å². The minimum atomic E-state index is -0.327. The van der Waals surface area contributed by atoms with E-state index in [1.807, 2.05) is 24.1 Å². The van der Waals surface area contributed by atoms with Crippen molar-refractivity contribution >= 4 is 23.1 Å². The topological polar surface area (TPSA) is 53.1 Å². The third-order valence-electron chi connectivity index (χ3n) is 3.05. The summed E-state index contributed by atoms with van der Waals surface area (Å²) >= 11 is 6.02. The van der Waals surface area contributed by atoms with Gasteiger partial charge in [-0.1, -0.05) is 29.8 Å². The number of nitrogen functional groups attached to an aromatic ring is 1. The average molecular weight is 292 g/mol. The molecule has 3 N–H and O–H groups in total. The minimum Gasteiger partial charge on any atom is -0.384 e. The summed E-state index contributed by atoms with van der Waals surface area (Å²) in [6, 6.07) is 11.9. The van der Waals surface area contributed by atoms with Gasteiger partial charge in [-0.2, -0.15) is 0 Å². The van der Waals surface area contributed by atoms with Gasteiger partial charge >= 0.3 is 0 Å². The molecule has 0 aliphatic rings. The van der Waals surface area contributed by atoms with Crippen LogP contribution in [0.5, 0.6) is 0 Å². The molecule has 0 aromatic heterocycles. The molecule has 0 bridgehead atoms. The van der Waals surface area contributed by atoms with E-state index >= 15 is 0 Å². The predicted octanol–water partition coefficient (Wildman–Crippen LogP) is 3.40. The highest BCUT2D eigenvalue weighted by molar-refractivity contribution is 6.31. The number of nitrogens with zero attached hydrogens (tertiary/aromatic N) is 1. The van der Waals surface area contributed by atoms with E-state index in [2.05, 4.69) is 0 Å². The zero-order chi connectivity index (χ0) is 14.7. The normalized spacial score (nSPS) is 10.3. The highest BCUT2D eigenvalue weighted by Gasteiger charge is 2.11. The lowest BCUT2D eigenvalue weighted by atomic mass is 10.1. The molecule has 0 heterocycles. The van der Waals surface area contributed by atoms with Crippen molar-refractivity contribution in [3.05, 3.63) is 64.4 Å². The van der Waals surface area contributed by atoms with Crippen molar-refractivity contribution in [3.63, 3.8) is 0 Å². The molecule has 0 saturated carbocycles. The molecular weight excluding hydrogens is 277 g/mol. The highest BCUT2D eigenvalue weighted by Crippen LogP contribution is 2.23. The number of nitrogens with two attached hydrogens (primary N) is 1. The van der Waals surface area contributed by atoms with Gasteiger partial charge in [0.15, 0.2) is 0 Å². The zero-order valence-electron chi connectivity index (χ0n) is 11.0. The second kappa shape index (κ2) is 5.92. The Morgan fingerprint density at radius 2 is 2.00 bits per heavy atom. The Kier molecular flexibility index (Phi) is 4.25. The van der Waals surface area contributed by atoms with Crippen molar-refractivity contribution in [1.29, 1.82) is 5.41 Å². The van der Waals surface area contributed by atoms with E-state index in [1.165, 1.54) is 6.07 Å². The number of halogens is 2. The van der Waals surface area contributed by atoms with Gasteiger partial charge in [0.1, 0.15) is 11.7 Å². The quantitative estimate of drug-likeness (QED) is 0.670. The number of benzene rings is 2. The Balaban J connectivity index is 2.26. The lowest BCUT2D eigenvalue weighted by molar-refractivity contribution is 0.608. The first kappa shape index (κ1) is 14.3. The number of hydrogen-bond acceptors (Lipinski definition) is 2. The molecule has 0 aliphatic carbocycles. The van der Waals surface area contributed by atoms with Crippen LogP contribution < -0.4 is 10.6 Å². The minimum absolute atomic E-state index is 0.00386. The summed E-state index contributed by atoms with van der Waals surface area (Å²) in [4.78, 5) is 1.86. The van der Waals surface area contributed by atoms with Crippen LogP contribution in [0.4, 0.5) is 10.1 Å². The second-order valence-corrected chi connectivity index (χ2v) is 4.93. The summed E-state index contributed by atoms with van der Waals surface area (Å²) in [7, 11) is 1.84. The van der Waals surface area contributed by atoms with Gasteiger partial charge in [-0.15, -0.1) is 0 Å². The fourth-order valence-electron chi connectivity index (χ4n) is 1.92. The van der Waals surface area contributed by atoms with Crippen LogP contribution in [0.3, 0.4) is 0 Å². The number of rotatable bonds is 4. The van der Waals surface area contributed by atoms with E-state index in [4.69, 9.17) is 22.7 Å². The van der Waals surface area contributed by atoms with Crippen molar-refractivity contribution in [2.45, 2.75) is 6.54 Å². The van der Waals surface area contributed by atoms with Crippen LogP contribution >= 0.6 is 11.6 Å². The monoisotopic (exact) mass is 291 g/mol. The Bertz CT molecular complexity index is 623. The van der Waals surface area contributed by atoms with Gasteiger partial charge in [-0.05, 0) is 24.3 Å². The average Bonchev–Trinajstić information content (AvgIpc) is 2.43. The first-order valence-electron chi connectivity index (χ1n) is 6.07. The van der Waals surface area contributed by atoms with E-state index < -0.39 is 0 Å². The van der Waals surface area contributed by atoms with Gasteiger partial charge in [0.25, 0.3) is 0 Å². The first-order chi connectivity index (χ1) is 9.49. The van der Waals surface area contributed by atoms with E-state index in [0.717, 1.165) is 5.69 Å². The predicted molar refractivity (Wildman–Crippen MR) is 81.0 cm³/mol. The van der Waals surface area contributed by atoms with Crippen LogP contribution in [0.25, 0.3) is 0 Å². The van der Waals surface area contributed by atoms with Gasteiger partial charge in [0.2, 0.25) is 0 Å². The van der Waals surface area contributed by atoms with Crippen LogP contribution in [-0.4, -0.2) is 12.9 Å². The van der Waals surface area contributed by atoms with Crippen LogP contribution in [-0.2, 0) is 6.54 Å². The first-order valence-corrected chi connectivity index (χ1v) is 6.45.